The van der Waals surface area contributed by atoms with Crippen molar-refractivity contribution in [3.05, 3.63) is 35.7 Å². The summed E-state index contributed by atoms with van der Waals surface area (Å²) in [7, 11) is 0. The minimum Gasteiger partial charge on any atom is -0.477 e. The first-order valence-electron chi connectivity index (χ1n) is 6.32. The van der Waals surface area contributed by atoms with Gasteiger partial charge >= 0.3 is 5.97 Å². The number of anilines is 1. The number of carboxylic acid groups (broad SMARTS) is 1. The maximum absolute atomic E-state index is 11.8. The number of aromatic nitrogens is 1. The molecule has 1 amide bonds. The van der Waals surface area contributed by atoms with E-state index < -0.39 is 5.97 Å². The zero-order chi connectivity index (χ0) is 13.7. The molecule has 1 heterocycles. The van der Waals surface area contributed by atoms with Gasteiger partial charge < -0.3 is 10.4 Å². The number of hydrogen-bond donors (Lipinski definition) is 2. The van der Waals surface area contributed by atoms with Crippen LogP contribution in [0, 0.1) is 0 Å². The number of nitrogens with one attached hydrogen (secondary N) is 1. The number of carbonyl (C=O) groups excluding carboxylic acids is 1. The molecule has 5 heteroatoms. The molecule has 0 radical (unpaired) electrons. The molecule has 0 spiro atoms. The minimum atomic E-state index is -1.11. The number of amides is 1. The molecule has 0 saturated heterocycles. The van der Waals surface area contributed by atoms with Crippen molar-refractivity contribution >= 4 is 17.6 Å². The molecule has 1 aromatic rings. The molecule has 2 rings (SSSR count). The molecule has 1 aliphatic carbocycles. The van der Waals surface area contributed by atoms with Gasteiger partial charge in [-0.15, -0.1) is 0 Å². The summed E-state index contributed by atoms with van der Waals surface area (Å²) in [6.07, 6.45) is 8.22. The van der Waals surface area contributed by atoms with E-state index in [9.17, 15) is 9.59 Å². The van der Waals surface area contributed by atoms with Crippen molar-refractivity contribution in [2.24, 2.45) is 0 Å². The molecule has 0 aromatic carbocycles. The molecule has 0 saturated carbocycles. The third kappa shape index (κ3) is 3.91. The van der Waals surface area contributed by atoms with Crippen LogP contribution in [-0.2, 0) is 4.79 Å². The van der Waals surface area contributed by atoms with Crippen LogP contribution in [0.2, 0.25) is 0 Å². The summed E-state index contributed by atoms with van der Waals surface area (Å²) in [5.41, 5.74) is 1.56. The summed E-state index contributed by atoms with van der Waals surface area (Å²) in [6, 6.07) is 2.94. The third-order valence-electron chi connectivity index (χ3n) is 3.04. The van der Waals surface area contributed by atoms with Crippen LogP contribution >= 0.6 is 0 Å². The van der Waals surface area contributed by atoms with Gasteiger partial charge in [-0.2, -0.15) is 0 Å². The lowest BCUT2D eigenvalue weighted by molar-refractivity contribution is -0.115. The van der Waals surface area contributed by atoms with Gasteiger partial charge in [0.1, 0.15) is 5.69 Å². The van der Waals surface area contributed by atoms with Gasteiger partial charge in [-0.25, -0.2) is 9.78 Å². The largest absolute Gasteiger partial charge is 0.477 e. The second-order valence-corrected chi connectivity index (χ2v) is 4.57. The molecule has 0 aliphatic heterocycles. The Hall–Kier alpha value is -2.17. The van der Waals surface area contributed by atoms with Crippen molar-refractivity contribution in [2.45, 2.75) is 32.1 Å². The molecule has 0 unspecified atom stereocenters. The second kappa shape index (κ2) is 6.13. The van der Waals surface area contributed by atoms with E-state index in [2.05, 4.69) is 16.4 Å². The highest BCUT2D eigenvalue weighted by Gasteiger charge is 2.10. The molecule has 2 N–H and O–H groups in total. The smallest absolute Gasteiger partial charge is 0.354 e. The van der Waals surface area contributed by atoms with E-state index in [-0.39, 0.29) is 11.6 Å². The van der Waals surface area contributed by atoms with E-state index in [0.29, 0.717) is 12.1 Å². The van der Waals surface area contributed by atoms with Crippen molar-refractivity contribution in [2.75, 3.05) is 5.32 Å². The standard InChI is InChI=1S/C14H16N2O3/c17-13(8-10-4-2-1-3-5-10)16-11-6-7-15-12(9-11)14(18)19/h4,6-7,9H,1-3,5,8H2,(H,18,19)(H,15,16,17). The zero-order valence-corrected chi connectivity index (χ0v) is 10.6. The van der Waals surface area contributed by atoms with Crippen LogP contribution in [-0.4, -0.2) is 22.0 Å². The Morgan fingerprint density at radius 3 is 2.89 bits per heavy atom. The molecule has 19 heavy (non-hydrogen) atoms. The van der Waals surface area contributed by atoms with Gasteiger partial charge in [0.15, 0.2) is 0 Å². The van der Waals surface area contributed by atoms with Gasteiger partial charge in [0.05, 0.1) is 0 Å². The van der Waals surface area contributed by atoms with E-state index in [1.807, 2.05) is 0 Å². The van der Waals surface area contributed by atoms with Gasteiger partial charge in [0, 0.05) is 18.3 Å². The quantitative estimate of drug-likeness (QED) is 0.815. The molecule has 0 atom stereocenters. The van der Waals surface area contributed by atoms with E-state index in [0.717, 1.165) is 24.8 Å². The van der Waals surface area contributed by atoms with Gasteiger partial charge in [-0.3, -0.25) is 4.79 Å². The summed E-state index contributed by atoms with van der Waals surface area (Å²) >= 11 is 0. The first-order chi connectivity index (χ1) is 9.15. The normalized spacial score (nSPS) is 14.6. The monoisotopic (exact) mass is 260 g/mol. The fraction of sp³-hybridized carbons (Fsp3) is 0.357. The van der Waals surface area contributed by atoms with E-state index in [4.69, 9.17) is 5.11 Å². The second-order valence-electron chi connectivity index (χ2n) is 4.57. The number of allylic oxidation sites excluding steroid dienone is 1. The highest BCUT2D eigenvalue weighted by atomic mass is 16.4. The lowest BCUT2D eigenvalue weighted by Crippen LogP contribution is -2.13. The van der Waals surface area contributed by atoms with Crippen molar-refractivity contribution in [3.8, 4) is 0 Å². The summed E-state index contributed by atoms with van der Waals surface area (Å²) in [6.45, 7) is 0. The molecule has 0 fully saturated rings. The highest BCUT2D eigenvalue weighted by Crippen LogP contribution is 2.20. The van der Waals surface area contributed by atoms with Gasteiger partial charge in [-0.05, 0) is 37.8 Å². The van der Waals surface area contributed by atoms with Crippen LogP contribution in [0.1, 0.15) is 42.6 Å². The van der Waals surface area contributed by atoms with Crippen molar-refractivity contribution in [1.29, 1.82) is 0 Å². The summed E-state index contributed by atoms with van der Waals surface area (Å²) in [4.78, 5) is 26.3. The number of aromatic carboxylic acids is 1. The fourth-order valence-corrected chi connectivity index (χ4v) is 2.10. The Balaban J connectivity index is 1.96. The summed E-state index contributed by atoms with van der Waals surface area (Å²) in [5.74, 6) is -1.22. The van der Waals surface area contributed by atoms with Crippen molar-refractivity contribution in [1.82, 2.24) is 4.98 Å². The van der Waals surface area contributed by atoms with E-state index in [1.165, 1.54) is 18.7 Å². The van der Waals surface area contributed by atoms with Crippen molar-refractivity contribution in [3.63, 3.8) is 0 Å². The average Bonchev–Trinajstić information content (AvgIpc) is 2.40. The van der Waals surface area contributed by atoms with Crippen LogP contribution in [0.5, 0.6) is 0 Å². The van der Waals surface area contributed by atoms with E-state index in [1.54, 1.807) is 6.07 Å². The summed E-state index contributed by atoms with van der Waals surface area (Å²) < 4.78 is 0. The Morgan fingerprint density at radius 1 is 1.37 bits per heavy atom. The predicted molar refractivity (Wildman–Crippen MR) is 71.0 cm³/mol. The Morgan fingerprint density at radius 2 is 2.21 bits per heavy atom. The van der Waals surface area contributed by atoms with Gasteiger partial charge in [0.25, 0.3) is 0 Å². The molecule has 0 bridgehead atoms. The number of hydrogen-bond acceptors (Lipinski definition) is 3. The Kier molecular flexibility index (Phi) is 4.28. The SMILES string of the molecule is O=C(CC1=CCCCC1)Nc1ccnc(C(=O)O)c1. The van der Waals surface area contributed by atoms with Gasteiger partial charge in [0.2, 0.25) is 5.91 Å². The van der Waals surface area contributed by atoms with Crippen LogP contribution in [0.3, 0.4) is 0 Å². The van der Waals surface area contributed by atoms with Gasteiger partial charge in [-0.1, -0.05) is 11.6 Å². The molecule has 1 aliphatic rings. The number of carboxylic acids is 1. The number of nitrogens with zero attached hydrogens (tertiary/aromatic N) is 1. The maximum atomic E-state index is 11.8. The first kappa shape index (κ1) is 13.3. The van der Waals surface area contributed by atoms with Crippen LogP contribution in [0.15, 0.2) is 30.0 Å². The fourth-order valence-electron chi connectivity index (χ4n) is 2.10. The van der Waals surface area contributed by atoms with Crippen LogP contribution < -0.4 is 5.32 Å². The molecule has 1 aromatic heterocycles. The average molecular weight is 260 g/mol. The van der Waals surface area contributed by atoms with Crippen LogP contribution in [0.25, 0.3) is 0 Å². The molecular formula is C14H16N2O3. The maximum Gasteiger partial charge on any atom is 0.354 e. The van der Waals surface area contributed by atoms with E-state index >= 15 is 0 Å². The van der Waals surface area contributed by atoms with Crippen molar-refractivity contribution < 1.29 is 14.7 Å². The number of pyridine rings is 1. The minimum absolute atomic E-state index is 0.0744. The molecular weight excluding hydrogens is 244 g/mol. The molecule has 5 nitrogen and oxygen atoms in total. The Bertz CT molecular complexity index is 523. The lowest BCUT2D eigenvalue weighted by Gasteiger charge is -2.12. The third-order valence-corrected chi connectivity index (χ3v) is 3.04. The Labute approximate surface area is 111 Å². The highest BCUT2D eigenvalue weighted by molar-refractivity contribution is 5.94. The number of carbonyl (C=O) groups is 2. The predicted octanol–water partition coefficient (Wildman–Crippen LogP) is 2.61. The summed E-state index contributed by atoms with van der Waals surface area (Å²) in [5, 5.41) is 11.5. The topological polar surface area (TPSA) is 79.3 Å². The zero-order valence-electron chi connectivity index (χ0n) is 10.6. The lowest BCUT2D eigenvalue weighted by atomic mass is 9.97. The first-order valence-corrected chi connectivity index (χ1v) is 6.32. The molecule has 100 valence electrons. The number of rotatable bonds is 4. The van der Waals surface area contributed by atoms with Crippen LogP contribution in [0.4, 0.5) is 5.69 Å².